The maximum Gasteiger partial charge on any atom is 0.0443 e. The molecule has 0 unspecified atom stereocenters. The van der Waals surface area contributed by atoms with E-state index in [0.717, 1.165) is 17.1 Å². The molecule has 2 N–H and O–H groups in total. The molecule has 0 aromatic heterocycles. The molecule has 2 nitrogen and oxygen atoms in total. The quantitative estimate of drug-likeness (QED) is 0.635. The molecule has 0 aliphatic rings. The highest BCUT2D eigenvalue weighted by Gasteiger charge is 2.02. The molecule has 22 heavy (non-hydrogen) atoms. The van der Waals surface area contributed by atoms with Gasteiger partial charge in [0.05, 0.1) is 0 Å². The van der Waals surface area contributed by atoms with Crippen LogP contribution in [0.3, 0.4) is 0 Å². The molecule has 0 amide bonds. The number of rotatable bonds is 4. The maximum atomic E-state index is 3.50. The predicted molar refractivity (Wildman–Crippen MR) is 95.4 cm³/mol. The summed E-state index contributed by atoms with van der Waals surface area (Å²) in [5, 5.41) is 6.89. The van der Waals surface area contributed by atoms with Crippen molar-refractivity contribution in [3.8, 4) is 0 Å². The molecule has 0 fully saturated rings. The van der Waals surface area contributed by atoms with E-state index >= 15 is 0 Å². The first-order valence-corrected chi connectivity index (χ1v) is 7.48. The van der Waals surface area contributed by atoms with Crippen molar-refractivity contribution in [1.29, 1.82) is 0 Å². The van der Waals surface area contributed by atoms with Crippen LogP contribution in [0.15, 0.2) is 72.8 Å². The lowest BCUT2D eigenvalue weighted by molar-refractivity contribution is 1.36. The largest absolute Gasteiger partial charge is 0.356 e. The third-order valence-electron chi connectivity index (χ3n) is 3.70. The molecule has 2 heteroatoms. The highest BCUT2D eigenvalue weighted by atomic mass is 14.9. The average molecular weight is 288 g/mol. The van der Waals surface area contributed by atoms with Crippen molar-refractivity contribution < 1.29 is 0 Å². The van der Waals surface area contributed by atoms with Crippen LogP contribution < -0.4 is 10.6 Å². The van der Waals surface area contributed by atoms with Crippen LogP contribution in [0.25, 0.3) is 0 Å². The van der Waals surface area contributed by atoms with Crippen molar-refractivity contribution in [3.63, 3.8) is 0 Å². The van der Waals surface area contributed by atoms with Crippen molar-refractivity contribution in [2.75, 3.05) is 10.6 Å². The molecule has 0 spiro atoms. The van der Waals surface area contributed by atoms with Gasteiger partial charge in [-0.1, -0.05) is 36.4 Å². The summed E-state index contributed by atoms with van der Waals surface area (Å²) in [6, 6.07) is 24.9. The Balaban J connectivity index is 1.74. The number of anilines is 4. The normalized spacial score (nSPS) is 10.3. The SMILES string of the molecule is Cc1cccc(C)c1Nc1ccc(Nc2ccccc2)cc1. The van der Waals surface area contributed by atoms with E-state index in [-0.39, 0.29) is 0 Å². The molecule has 110 valence electrons. The molecule has 0 heterocycles. The molecule has 0 radical (unpaired) electrons. The standard InChI is InChI=1S/C20H20N2/c1-15-7-6-8-16(2)20(15)22-19-13-11-18(12-14-19)21-17-9-4-3-5-10-17/h3-14,21-22H,1-2H3. The molecule has 0 bridgehead atoms. The molecule has 3 aromatic rings. The van der Waals surface area contributed by atoms with Crippen LogP contribution in [0.1, 0.15) is 11.1 Å². The van der Waals surface area contributed by atoms with Gasteiger partial charge in [-0.15, -0.1) is 0 Å². The van der Waals surface area contributed by atoms with Gasteiger partial charge in [0.2, 0.25) is 0 Å². The average Bonchev–Trinajstić information content (AvgIpc) is 2.54. The summed E-state index contributed by atoms with van der Waals surface area (Å²) in [4.78, 5) is 0. The van der Waals surface area contributed by atoms with Gasteiger partial charge in [0.25, 0.3) is 0 Å². The van der Waals surface area contributed by atoms with Crippen LogP contribution in [0.2, 0.25) is 0 Å². The van der Waals surface area contributed by atoms with Gasteiger partial charge in [-0.25, -0.2) is 0 Å². The summed E-state index contributed by atoms with van der Waals surface area (Å²) >= 11 is 0. The summed E-state index contributed by atoms with van der Waals surface area (Å²) in [6.45, 7) is 4.25. The van der Waals surface area contributed by atoms with Gasteiger partial charge in [0.15, 0.2) is 0 Å². The van der Waals surface area contributed by atoms with E-state index in [2.05, 4.69) is 79.1 Å². The van der Waals surface area contributed by atoms with E-state index < -0.39 is 0 Å². The van der Waals surface area contributed by atoms with E-state index in [9.17, 15) is 0 Å². The molecular weight excluding hydrogens is 268 g/mol. The molecule has 3 rings (SSSR count). The van der Waals surface area contributed by atoms with E-state index in [0.29, 0.717) is 0 Å². The molecule has 0 saturated carbocycles. The number of aryl methyl sites for hydroxylation is 2. The topological polar surface area (TPSA) is 24.1 Å². The van der Waals surface area contributed by atoms with Crippen molar-refractivity contribution >= 4 is 22.7 Å². The zero-order valence-corrected chi connectivity index (χ0v) is 12.9. The number of hydrogen-bond acceptors (Lipinski definition) is 2. The summed E-state index contributed by atoms with van der Waals surface area (Å²) in [5.41, 5.74) is 6.97. The minimum Gasteiger partial charge on any atom is -0.356 e. The fraction of sp³-hybridized carbons (Fsp3) is 0.100. The van der Waals surface area contributed by atoms with Gasteiger partial charge in [-0.3, -0.25) is 0 Å². The maximum absolute atomic E-state index is 3.50. The fourth-order valence-electron chi connectivity index (χ4n) is 2.48. The summed E-state index contributed by atoms with van der Waals surface area (Å²) in [5.74, 6) is 0. The smallest absolute Gasteiger partial charge is 0.0443 e. The monoisotopic (exact) mass is 288 g/mol. The minimum absolute atomic E-state index is 1.08. The van der Waals surface area contributed by atoms with Gasteiger partial charge in [0.1, 0.15) is 0 Å². The summed E-state index contributed by atoms with van der Waals surface area (Å²) in [7, 11) is 0. The first kappa shape index (κ1) is 14.2. The first-order chi connectivity index (χ1) is 10.7. The van der Waals surface area contributed by atoms with Crippen LogP contribution >= 0.6 is 0 Å². The lowest BCUT2D eigenvalue weighted by Gasteiger charge is -2.13. The van der Waals surface area contributed by atoms with Crippen molar-refractivity contribution in [2.45, 2.75) is 13.8 Å². The number of nitrogens with one attached hydrogen (secondary N) is 2. The fourth-order valence-corrected chi connectivity index (χ4v) is 2.48. The van der Waals surface area contributed by atoms with E-state index in [1.165, 1.54) is 16.8 Å². The summed E-state index contributed by atoms with van der Waals surface area (Å²) < 4.78 is 0. The molecule has 3 aromatic carbocycles. The van der Waals surface area contributed by atoms with Gasteiger partial charge < -0.3 is 10.6 Å². The Morgan fingerprint density at radius 3 is 1.59 bits per heavy atom. The molecule has 0 atom stereocenters. The zero-order chi connectivity index (χ0) is 15.4. The number of benzene rings is 3. The Labute approximate surface area is 131 Å². The van der Waals surface area contributed by atoms with Crippen LogP contribution in [-0.2, 0) is 0 Å². The van der Waals surface area contributed by atoms with Gasteiger partial charge in [-0.05, 0) is 61.4 Å². The summed E-state index contributed by atoms with van der Waals surface area (Å²) in [6.07, 6.45) is 0. The lowest BCUT2D eigenvalue weighted by atomic mass is 10.1. The number of para-hydroxylation sites is 2. The van der Waals surface area contributed by atoms with E-state index in [1.807, 2.05) is 18.2 Å². The predicted octanol–water partition coefficient (Wildman–Crippen LogP) is 5.79. The van der Waals surface area contributed by atoms with Gasteiger partial charge in [0, 0.05) is 22.7 Å². The highest BCUT2D eigenvalue weighted by molar-refractivity contribution is 5.69. The second kappa shape index (κ2) is 6.35. The van der Waals surface area contributed by atoms with Crippen molar-refractivity contribution in [3.05, 3.63) is 83.9 Å². The Morgan fingerprint density at radius 1 is 0.500 bits per heavy atom. The van der Waals surface area contributed by atoms with Crippen molar-refractivity contribution in [1.82, 2.24) is 0 Å². The lowest BCUT2D eigenvalue weighted by Crippen LogP contribution is -1.96. The van der Waals surface area contributed by atoms with E-state index in [4.69, 9.17) is 0 Å². The van der Waals surface area contributed by atoms with Crippen molar-refractivity contribution in [2.24, 2.45) is 0 Å². The Morgan fingerprint density at radius 2 is 1.00 bits per heavy atom. The van der Waals surface area contributed by atoms with Crippen LogP contribution in [0.5, 0.6) is 0 Å². The van der Waals surface area contributed by atoms with Crippen LogP contribution in [0.4, 0.5) is 22.7 Å². The third kappa shape index (κ3) is 3.29. The van der Waals surface area contributed by atoms with Gasteiger partial charge in [-0.2, -0.15) is 0 Å². The molecule has 0 aliphatic heterocycles. The zero-order valence-electron chi connectivity index (χ0n) is 12.9. The highest BCUT2D eigenvalue weighted by Crippen LogP contribution is 2.25. The minimum atomic E-state index is 1.08. The molecule has 0 aliphatic carbocycles. The van der Waals surface area contributed by atoms with Crippen LogP contribution in [-0.4, -0.2) is 0 Å². The molecular formula is C20H20N2. The Hall–Kier alpha value is -2.74. The first-order valence-electron chi connectivity index (χ1n) is 7.48. The number of hydrogen-bond donors (Lipinski definition) is 2. The Kier molecular flexibility index (Phi) is 4.10. The van der Waals surface area contributed by atoms with Gasteiger partial charge >= 0.3 is 0 Å². The Bertz CT molecular complexity index is 726. The second-order valence-electron chi connectivity index (χ2n) is 5.46. The molecule has 0 saturated heterocycles. The third-order valence-corrected chi connectivity index (χ3v) is 3.70. The van der Waals surface area contributed by atoms with E-state index in [1.54, 1.807) is 0 Å². The second-order valence-corrected chi connectivity index (χ2v) is 5.46. The van der Waals surface area contributed by atoms with Crippen LogP contribution in [0, 0.1) is 13.8 Å².